The Morgan fingerprint density at radius 2 is 0.559 bits per heavy atom. The Morgan fingerprint density at radius 1 is 0.294 bits per heavy atom. The lowest BCUT2D eigenvalue weighted by atomic mass is 10.0. The summed E-state index contributed by atoms with van der Waals surface area (Å²) in [6.07, 6.45) is 70.0. The second-order valence-electron chi connectivity index (χ2n) is 19.9. The van der Waals surface area contributed by atoms with Crippen molar-refractivity contribution >= 4 is 17.9 Å². The molecule has 1 unspecified atom stereocenters. The van der Waals surface area contributed by atoms with E-state index in [-0.39, 0.29) is 31.1 Å². The maximum absolute atomic E-state index is 12.8. The zero-order chi connectivity index (χ0) is 49.3. The Kier molecular flexibility index (Phi) is 54.8. The number of ether oxygens (including phenoxy) is 3. The third-order valence-electron chi connectivity index (χ3n) is 13.0. The van der Waals surface area contributed by atoms with Crippen molar-refractivity contribution in [2.45, 2.75) is 316 Å². The lowest BCUT2D eigenvalue weighted by Gasteiger charge is -2.18. The third-order valence-corrected chi connectivity index (χ3v) is 13.0. The van der Waals surface area contributed by atoms with Gasteiger partial charge in [0.25, 0.3) is 0 Å². The fourth-order valence-electron chi connectivity index (χ4n) is 8.57. The summed E-state index contributed by atoms with van der Waals surface area (Å²) < 4.78 is 16.8. The van der Waals surface area contributed by atoms with Crippen LogP contribution in [-0.4, -0.2) is 37.2 Å². The van der Waals surface area contributed by atoms with Crippen LogP contribution >= 0.6 is 0 Å². The maximum atomic E-state index is 12.8. The molecule has 0 aliphatic rings. The van der Waals surface area contributed by atoms with Crippen LogP contribution in [0.15, 0.2) is 48.6 Å². The zero-order valence-electron chi connectivity index (χ0n) is 45.4. The van der Waals surface area contributed by atoms with E-state index in [1.165, 1.54) is 173 Å². The third kappa shape index (κ3) is 54.3. The molecule has 1 atom stereocenters. The molecular weight excluding hydrogens is 841 g/mol. The molecule has 0 radical (unpaired) electrons. The van der Waals surface area contributed by atoms with Crippen molar-refractivity contribution in [3.05, 3.63) is 48.6 Å². The van der Waals surface area contributed by atoms with Gasteiger partial charge in [0.15, 0.2) is 6.10 Å². The smallest absolute Gasteiger partial charge is 0.306 e. The Morgan fingerprint density at radius 3 is 0.868 bits per heavy atom. The molecule has 0 rings (SSSR count). The van der Waals surface area contributed by atoms with Crippen LogP contribution in [0.3, 0.4) is 0 Å². The summed E-state index contributed by atoms with van der Waals surface area (Å²) in [6, 6.07) is 0. The molecule has 396 valence electrons. The molecule has 6 heteroatoms. The highest BCUT2D eigenvalue weighted by Crippen LogP contribution is 2.16. The van der Waals surface area contributed by atoms with Crippen molar-refractivity contribution < 1.29 is 28.6 Å². The number of unbranched alkanes of at least 4 members (excludes halogenated alkanes) is 35. The van der Waals surface area contributed by atoms with Crippen LogP contribution in [0.1, 0.15) is 310 Å². The topological polar surface area (TPSA) is 78.9 Å². The highest BCUT2D eigenvalue weighted by Gasteiger charge is 2.19. The lowest BCUT2D eigenvalue weighted by molar-refractivity contribution is -0.167. The van der Waals surface area contributed by atoms with Gasteiger partial charge in [-0.15, -0.1) is 0 Å². The first-order chi connectivity index (χ1) is 33.5. The second-order valence-corrected chi connectivity index (χ2v) is 19.9. The van der Waals surface area contributed by atoms with Gasteiger partial charge in [0.2, 0.25) is 0 Å². The van der Waals surface area contributed by atoms with Crippen molar-refractivity contribution in [2.24, 2.45) is 0 Å². The summed E-state index contributed by atoms with van der Waals surface area (Å²) in [5, 5.41) is 0. The molecule has 0 aromatic carbocycles. The second kappa shape index (κ2) is 57.0. The largest absolute Gasteiger partial charge is 0.462 e. The Labute approximate surface area is 422 Å². The molecule has 0 saturated carbocycles. The van der Waals surface area contributed by atoms with E-state index >= 15 is 0 Å². The number of carbonyl (C=O) groups is 3. The van der Waals surface area contributed by atoms with Crippen molar-refractivity contribution in [1.29, 1.82) is 0 Å². The van der Waals surface area contributed by atoms with Gasteiger partial charge in [-0.3, -0.25) is 14.4 Å². The van der Waals surface area contributed by atoms with E-state index in [1.807, 2.05) is 0 Å². The van der Waals surface area contributed by atoms with E-state index in [2.05, 4.69) is 69.4 Å². The molecule has 0 aliphatic heterocycles. The minimum absolute atomic E-state index is 0.0756. The molecule has 6 nitrogen and oxygen atoms in total. The fourth-order valence-corrected chi connectivity index (χ4v) is 8.57. The number of hydrogen-bond donors (Lipinski definition) is 0. The van der Waals surface area contributed by atoms with Crippen LogP contribution in [0.4, 0.5) is 0 Å². The normalized spacial score (nSPS) is 12.3. The van der Waals surface area contributed by atoms with Gasteiger partial charge in [-0.25, -0.2) is 0 Å². The predicted octanol–water partition coefficient (Wildman–Crippen LogP) is 19.8. The van der Waals surface area contributed by atoms with Gasteiger partial charge in [-0.1, -0.05) is 262 Å². The molecule has 0 heterocycles. The number of hydrogen-bond acceptors (Lipinski definition) is 6. The van der Waals surface area contributed by atoms with Gasteiger partial charge in [-0.05, 0) is 77.0 Å². The van der Waals surface area contributed by atoms with Crippen LogP contribution in [0.25, 0.3) is 0 Å². The number of carbonyl (C=O) groups excluding carboxylic acids is 3. The van der Waals surface area contributed by atoms with Gasteiger partial charge in [0, 0.05) is 19.3 Å². The highest BCUT2D eigenvalue weighted by atomic mass is 16.6. The minimum atomic E-state index is -0.775. The number of allylic oxidation sites excluding steroid dienone is 8. The van der Waals surface area contributed by atoms with E-state index < -0.39 is 6.10 Å². The van der Waals surface area contributed by atoms with Gasteiger partial charge in [-0.2, -0.15) is 0 Å². The Balaban J connectivity index is 4.05. The number of esters is 3. The summed E-state index contributed by atoms with van der Waals surface area (Å²) in [5.74, 6) is -0.882. The molecule has 0 spiro atoms. The van der Waals surface area contributed by atoms with Crippen molar-refractivity contribution in [2.75, 3.05) is 13.2 Å². The molecule has 0 fully saturated rings. The molecule has 0 N–H and O–H groups in total. The van der Waals surface area contributed by atoms with Gasteiger partial charge >= 0.3 is 17.9 Å². The Hall–Kier alpha value is -2.63. The van der Waals surface area contributed by atoms with E-state index in [1.54, 1.807) is 0 Å². The molecule has 0 aliphatic carbocycles. The molecule has 0 bridgehead atoms. The average Bonchev–Trinajstić information content (AvgIpc) is 3.34. The van der Waals surface area contributed by atoms with Crippen LogP contribution < -0.4 is 0 Å². The SMILES string of the molecule is CCC/C=C\C/C=C\CCCCCCCC(=O)OC(COC(=O)CCCCCCCCCC)COC(=O)CCCCCCCCCCCCCCCCCCC/C=C\C/C=C\CCCCCCC. The summed E-state index contributed by atoms with van der Waals surface area (Å²) in [6.45, 7) is 6.55. The summed E-state index contributed by atoms with van der Waals surface area (Å²) in [7, 11) is 0. The molecule has 0 saturated heterocycles. The molecule has 0 aromatic heterocycles. The van der Waals surface area contributed by atoms with E-state index in [4.69, 9.17) is 14.2 Å². The monoisotopic (exact) mass is 953 g/mol. The summed E-state index contributed by atoms with van der Waals surface area (Å²) in [4.78, 5) is 37.9. The van der Waals surface area contributed by atoms with Crippen molar-refractivity contribution in [1.82, 2.24) is 0 Å². The van der Waals surface area contributed by atoms with E-state index in [0.29, 0.717) is 19.3 Å². The maximum Gasteiger partial charge on any atom is 0.306 e. The molecule has 68 heavy (non-hydrogen) atoms. The van der Waals surface area contributed by atoms with Gasteiger partial charge in [0.1, 0.15) is 13.2 Å². The first-order valence-electron chi connectivity index (χ1n) is 29.6. The van der Waals surface area contributed by atoms with Crippen LogP contribution in [0.5, 0.6) is 0 Å². The lowest BCUT2D eigenvalue weighted by Crippen LogP contribution is -2.30. The quantitative estimate of drug-likeness (QED) is 0.0262. The predicted molar refractivity (Wildman–Crippen MR) is 293 cm³/mol. The number of rotatable bonds is 54. The minimum Gasteiger partial charge on any atom is -0.462 e. The summed E-state index contributed by atoms with van der Waals surface area (Å²) >= 11 is 0. The first kappa shape index (κ1) is 65.4. The van der Waals surface area contributed by atoms with Crippen molar-refractivity contribution in [3.8, 4) is 0 Å². The van der Waals surface area contributed by atoms with Crippen LogP contribution in [-0.2, 0) is 28.6 Å². The van der Waals surface area contributed by atoms with Gasteiger partial charge in [0.05, 0.1) is 0 Å². The molecule has 0 aromatic rings. The van der Waals surface area contributed by atoms with Crippen LogP contribution in [0.2, 0.25) is 0 Å². The standard InChI is InChI=1S/C62H112O6/c1-4-7-10-13-16-19-21-23-24-25-26-27-28-29-30-31-32-33-34-35-36-37-38-40-41-43-46-49-52-55-61(64)67-58-59(57-66-60(63)54-51-48-45-18-15-12-9-6-3)68-62(65)56-53-50-47-44-42-39-22-20-17-14-11-8-5-2/h11,14,20-23,25-26,59H,4-10,12-13,15-19,24,27-58H2,1-3H3/b14-11-,22-20-,23-21-,26-25-. The van der Waals surface area contributed by atoms with E-state index in [9.17, 15) is 14.4 Å². The zero-order valence-corrected chi connectivity index (χ0v) is 45.4. The first-order valence-corrected chi connectivity index (χ1v) is 29.6. The van der Waals surface area contributed by atoms with Crippen molar-refractivity contribution in [3.63, 3.8) is 0 Å². The Bertz CT molecular complexity index is 1190. The fraction of sp³-hybridized carbons (Fsp3) is 0.823. The van der Waals surface area contributed by atoms with E-state index in [0.717, 1.165) is 96.3 Å². The molecular formula is C62H112O6. The van der Waals surface area contributed by atoms with Crippen LogP contribution in [0, 0.1) is 0 Å². The van der Waals surface area contributed by atoms with Gasteiger partial charge < -0.3 is 14.2 Å². The average molecular weight is 954 g/mol. The summed E-state index contributed by atoms with van der Waals surface area (Å²) in [5.41, 5.74) is 0. The molecule has 0 amide bonds. The highest BCUT2D eigenvalue weighted by molar-refractivity contribution is 5.71.